The van der Waals surface area contributed by atoms with E-state index in [0.717, 1.165) is 17.0 Å². The lowest BCUT2D eigenvalue weighted by molar-refractivity contribution is 0.102. The Hall–Kier alpha value is -1.60. The fourth-order valence-electron chi connectivity index (χ4n) is 1.65. The van der Waals surface area contributed by atoms with E-state index < -0.39 is 10.8 Å². The molecule has 106 valence electrons. The average molecular weight is 309 g/mol. The van der Waals surface area contributed by atoms with Crippen molar-refractivity contribution in [3.8, 4) is 0 Å². The average Bonchev–Trinajstić information content (AvgIpc) is 2.86. The van der Waals surface area contributed by atoms with Crippen LogP contribution in [-0.4, -0.2) is 26.6 Å². The first-order valence-corrected chi connectivity index (χ1v) is 8.65. The molecule has 2 aromatic rings. The predicted molar refractivity (Wildman–Crippen MR) is 81.5 cm³/mol. The third kappa shape index (κ3) is 3.94. The smallest absolute Gasteiger partial charge is 0.257 e. The number of hydrogen-bond acceptors (Lipinski definition) is 5. The van der Waals surface area contributed by atoms with Gasteiger partial charge in [-0.1, -0.05) is 30.4 Å². The lowest BCUT2D eigenvalue weighted by Crippen LogP contribution is -2.12. The second-order valence-electron chi connectivity index (χ2n) is 4.23. The zero-order chi connectivity index (χ0) is 14.5. The number of nitrogens with one attached hydrogen (secondary N) is 1. The molecule has 0 aliphatic rings. The highest BCUT2D eigenvalue weighted by molar-refractivity contribution is 7.83. The van der Waals surface area contributed by atoms with Crippen molar-refractivity contribution in [2.75, 3.05) is 11.6 Å². The van der Waals surface area contributed by atoms with Crippen molar-refractivity contribution in [3.63, 3.8) is 0 Å². The fraction of sp³-hybridized carbons (Fsp3) is 0.308. The van der Waals surface area contributed by atoms with Gasteiger partial charge in [0.25, 0.3) is 5.91 Å². The number of nitrogens with zero attached hydrogens (tertiary/aromatic N) is 2. The minimum absolute atomic E-state index is 0.229. The molecule has 0 fully saturated rings. The summed E-state index contributed by atoms with van der Waals surface area (Å²) < 4.78 is 11.2. The molecule has 2 rings (SSSR count). The molecule has 5 nitrogen and oxygen atoms in total. The second kappa shape index (κ2) is 6.71. The molecule has 0 spiro atoms. The molecule has 0 aliphatic heterocycles. The van der Waals surface area contributed by atoms with Crippen LogP contribution in [0.25, 0.3) is 0 Å². The van der Waals surface area contributed by atoms with Crippen LogP contribution in [0.4, 0.5) is 5.13 Å². The van der Waals surface area contributed by atoms with E-state index in [1.807, 2.05) is 13.0 Å². The Bertz CT molecular complexity index is 640. The van der Waals surface area contributed by atoms with Crippen LogP contribution in [0, 0.1) is 0 Å². The van der Waals surface area contributed by atoms with Gasteiger partial charge in [0.2, 0.25) is 5.13 Å². The number of aromatic nitrogens is 2. The lowest BCUT2D eigenvalue weighted by atomic mass is 10.1. The summed E-state index contributed by atoms with van der Waals surface area (Å²) in [5, 5.41) is 12.0. The first-order valence-electron chi connectivity index (χ1n) is 6.11. The maximum absolute atomic E-state index is 12.1. The number of aryl methyl sites for hydroxylation is 1. The summed E-state index contributed by atoms with van der Waals surface area (Å²) in [6.45, 7) is 1.99. The van der Waals surface area contributed by atoms with E-state index in [9.17, 15) is 9.00 Å². The number of rotatable bonds is 5. The molecule has 0 saturated heterocycles. The molecule has 1 amide bonds. The summed E-state index contributed by atoms with van der Waals surface area (Å²) in [4.78, 5) is 12.1. The zero-order valence-corrected chi connectivity index (χ0v) is 12.9. The number of carbonyl (C=O) groups excluding carboxylic acids is 1. The van der Waals surface area contributed by atoms with Crippen molar-refractivity contribution in [2.24, 2.45) is 0 Å². The Morgan fingerprint density at radius 2 is 2.20 bits per heavy atom. The van der Waals surface area contributed by atoms with Crippen LogP contribution < -0.4 is 5.32 Å². The third-order valence-corrected chi connectivity index (χ3v) is 4.27. The van der Waals surface area contributed by atoms with Gasteiger partial charge in [0.15, 0.2) is 0 Å². The quantitative estimate of drug-likeness (QED) is 0.919. The summed E-state index contributed by atoms with van der Waals surface area (Å²) >= 11 is 1.37. The van der Waals surface area contributed by atoms with Gasteiger partial charge in [-0.2, -0.15) is 0 Å². The largest absolute Gasteiger partial charge is 0.296 e. The van der Waals surface area contributed by atoms with E-state index in [2.05, 4.69) is 15.5 Å². The summed E-state index contributed by atoms with van der Waals surface area (Å²) in [5.41, 5.74) is 1.41. The minimum atomic E-state index is -0.926. The molecule has 1 unspecified atom stereocenters. The number of amides is 1. The summed E-state index contributed by atoms with van der Waals surface area (Å²) in [6.07, 6.45) is 2.44. The lowest BCUT2D eigenvalue weighted by Gasteiger charge is -2.03. The van der Waals surface area contributed by atoms with Crippen LogP contribution in [0.3, 0.4) is 0 Å². The highest BCUT2D eigenvalue weighted by atomic mass is 32.2. The highest BCUT2D eigenvalue weighted by Crippen LogP contribution is 2.17. The maximum atomic E-state index is 12.1. The first kappa shape index (κ1) is 14.8. The van der Waals surface area contributed by atoms with Gasteiger partial charge in [0.05, 0.1) is 0 Å². The van der Waals surface area contributed by atoms with Crippen molar-refractivity contribution < 1.29 is 9.00 Å². The molecule has 1 aromatic carbocycles. The van der Waals surface area contributed by atoms with E-state index in [1.165, 1.54) is 11.3 Å². The Kier molecular flexibility index (Phi) is 4.97. The Morgan fingerprint density at radius 1 is 1.40 bits per heavy atom. The predicted octanol–water partition coefficient (Wildman–Crippen LogP) is 2.23. The van der Waals surface area contributed by atoms with Crippen LogP contribution in [0.1, 0.15) is 27.9 Å². The van der Waals surface area contributed by atoms with Crippen molar-refractivity contribution >= 4 is 33.2 Å². The van der Waals surface area contributed by atoms with E-state index in [-0.39, 0.29) is 5.91 Å². The fourth-order valence-corrected chi connectivity index (χ4v) is 2.98. The van der Waals surface area contributed by atoms with Crippen molar-refractivity contribution in [2.45, 2.75) is 19.1 Å². The van der Waals surface area contributed by atoms with Gasteiger partial charge in [-0.15, -0.1) is 10.2 Å². The Balaban J connectivity index is 2.10. The molecule has 0 aliphatic carbocycles. The van der Waals surface area contributed by atoms with E-state index >= 15 is 0 Å². The standard InChI is InChI=1S/C13H15N3O2S2/c1-3-11-15-16-13(19-11)14-12(17)10-6-4-5-9(7-10)8-20(2)18/h4-7H,3,8H2,1-2H3,(H,14,16,17). The normalized spacial score (nSPS) is 12.1. The van der Waals surface area contributed by atoms with Crippen molar-refractivity contribution in [3.05, 3.63) is 40.4 Å². The van der Waals surface area contributed by atoms with Crippen LogP contribution >= 0.6 is 11.3 Å². The monoisotopic (exact) mass is 309 g/mol. The second-order valence-corrected chi connectivity index (χ2v) is 6.72. The topological polar surface area (TPSA) is 72.0 Å². The van der Waals surface area contributed by atoms with Gasteiger partial charge in [-0.3, -0.25) is 14.3 Å². The zero-order valence-electron chi connectivity index (χ0n) is 11.3. The first-order chi connectivity index (χ1) is 9.58. The summed E-state index contributed by atoms with van der Waals surface area (Å²) in [5.74, 6) is 0.215. The SMILES string of the molecule is CCc1nnc(NC(=O)c2cccc(CS(C)=O)c2)s1. The van der Waals surface area contributed by atoms with Crippen molar-refractivity contribution in [1.82, 2.24) is 10.2 Å². The van der Waals surface area contributed by atoms with Crippen LogP contribution in [-0.2, 0) is 23.0 Å². The number of benzene rings is 1. The van der Waals surface area contributed by atoms with Gasteiger partial charge < -0.3 is 0 Å². The molecule has 1 atom stereocenters. The highest BCUT2D eigenvalue weighted by Gasteiger charge is 2.10. The van der Waals surface area contributed by atoms with Crippen LogP contribution in [0.2, 0.25) is 0 Å². The van der Waals surface area contributed by atoms with E-state index in [1.54, 1.807) is 24.5 Å². The molecule has 0 radical (unpaired) electrons. The molecule has 1 aromatic heterocycles. The van der Waals surface area contributed by atoms with Gasteiger partial charge in [-0.05, 0) is 24.1 Å². The molecule has 1 heterocycles. The van der Waals surface area contributed by atoms with Crippen LogP contribution in [0.5, 0.6) is 0 Å². The van der Waals surface area contributed by atoms with Gasteiger partial charge in [-0.25, -0.2) is 0 Å². The number of carbonyl (C=O) groups is 1. The minimum Gasteiger partial charge on any atom is -0.296 e. The Labute approximate surface area is 123 Å². The molecule has 0 bridgehead atoms. The molecule has 7 heteroatoms. The molecule has 0 saturated carbocycles. The van der Waals surface area contributed by atoms with Crippen LogP contribution in [0.15, 0.2) is 24.3 Å². The van der Waals surface area contributed by atoms with Gasteiger partial charge >= 0.3 is 0 Å². The maximum Gasteiger partial charge on any atom is 0.257 e. The molecule has 20 heavy (non-hydrogen) atoms. The number of anilines is 1. The Morgan fingerprint density at radius 3 is 2.85 bits per heavy atom. The molecular formula is C13H15N3O2S2. The van der Waals surface area contributed by atoms with Gasteiger partial charge in [0.1, 0.15) is 5.01 Å². The van der Waals surface area contributed by atoms with Gasteiger partial charge in [0, 0.05) is 28.4 Å². The van der Waals surface area contributed by atoms with Crippen molar-refractivity contribution in [1.29, 1.82) is 0 Å². The van der Waals surface area contributed by atoms with E-state index in [0.29, 0.717) is 16.4 Å². The summed E-state index contributed by atoms with van der Waals surface area (Å²) in [7, 11) is -0.926. The third-order valence-electron chi connectivity index (χ3n) is 2.55. The molecular weight excluding hydrogens is 294 g/mol. The summed E-state index contributed by atoms with van der Waals surface area (Å²) in [6, 6.07) is 7.12. The number of hydrogen-bond donors (Lipinski definition) is 1. The van der Waals surface area contributed by atoms with E-state index in [4.69, 9.17) is 0 Å². The molecule has 1 N–H and O–H groups in total.